The van der Waals surface area contributed by atoms with E-state index in [1.54, 1.807) is 16.7 Å². The van der Waals surface area contributed by atoms with Crippen LogP contribution in [0.4, 0.5) is 23.4 Å². The fourth-order valence-corrected chi connectivity index (χ4v) is 6.63. The minimum absolute atomic E-state index is 0.0866. The zero-order valence-electron chi connectivity index (χ0n) is 24.0. The molecule has 12 nitrogen and oxygen atoms in total. The Morgan fingerprint density at radius 3 is 2.37 bits per heavy atom. The Bertz CT molecular complexity index is 1430. The lowest BCUT2D eigenvalue weighted by Crippen LogP contribution is -2.38. The highest BCUT2D eigenvalue weighted by Crippen LogP contribution is 2.39. The topological polar surface area (TPSA) is 134 Å². The highest BCUT2D eigenvalue weighted by molar-refractivity contribution is 7.89. The van der Waals surface area contributed by atoms with E-state index in [4.69, 9.17) is 20.4 Å². The molecule has 5 rings (SSSR count). The maximum atomic E-state index is 12.9. The first-order chi connectivity index (χ1) is 19.7. The number of nitrogens with zero attached hydrogens (tertiary/aromatic N) is 8. The molecule has 0 spiro atoms. The van der Waals surface area contributed by atoms with Crippen LogP contribution in [0.2, 0.25) is 0 Å². The molecule has 220 valence electrons. The average molecular weight is 582 g/mol. The zero-order valence-corrected chi connectivity index (χ0v) is 24.8. The van der Waals surface area contributed by atoms with Gasteiger partial charge in [-0.15, -0.1) is 0 Å². The summed E-state index contributed by atoms with van der Waals surface area (Å²) in [5, 5.41) is 0. The van der Waals surface area contributed by atoms with Crippen LogP contribution in [-0.2, 0) is 27.6 Å². The average Bonchev–Trinajstić information content (AvgIpc) is 3.41. The summed E-state index contributed by atoms with van der Waals surface area (Å²) in [6.45, 7) is 7.02. The van der Waals surface area contributed by atoms with E-state index in [1.165, 1.54) is 0 Å². The first kappa shape index (κ1) is 29.1. The maximum Gasteiger partial charge on any atom is 0.228 e. The standard InChI is InChI=1S/C28H39N9O3S/c1-4-36(13-12-34(2)3)41(38,39)18-10-21-5-7-23(8-6-21)37-11-9-24-25(22-19-30-27(29)31-20-22)32-28(33-26(24)37)35-14-16-40-17-15-35/h5-8,19-20H,4,9-18H2,1-3H3,(H2,29,30,31). The summed E-state index contributed by atoms with van der Waals surface area (Å²) in [6.07, 6.45) is 4.65. The van der Waals surface area contributed by atoms with E-state index in [1.807, 2.05) is 50.2 Å². The fraction of sp³-hybridized carbons (Fsp3) is 0.500. The quantitative estimate of drug-likeness (QED) is 0.355. The van der Waals surface area contributed by atoms with E-state index < -0.39 is 10.0 Å². The third-order valence-electron chi connectivity index (χ3n) is 7.49. The van der Waals surface area contributed by atoms with E-state index in [9.17, 15) is 8.42 Å². The molecule has 41 heavy (non-hydrogen) atoms. The van der Waals surface area contributed by atoms with Crippen molar-refractivity contribution in [2.24, 2.45) is 0 Å². The van der Waals surface area contributed by atoms with Gasteiger partial charge in [-0.2, -0.15) is 4.98 Å². The summed E-state index contributed by atoms with van der Waals surface area (Å²) >= 11 is 0. The number of nitrogens with two attached hydrogens (primary N) is 1. The summed E-state index contributed by atoms with van der Waals surface area (Å²) in [7, 11) is 0.562. The Labute approximate surface area is 242 Å². The molecular formula is C28H39N9O3S. The van der Waals surface area contributed by atoms with Gasteiger partial charge in [0.25, 0.3) is 0 Å². The monoisotopic (exact) mass is 581 g/mol. The van der Waals surface area contributed by atoms with E-state index in [0.29, 0.717) is 45.2 Å². The van der Waals surface area contributed by atoms with Gasteiger partial charge in [0.05, 0.1) is 24.7 Å². The SMILES string of the molecule is CCN(CCN(C)C)S(=O)(=O)CCc1ccc(N2CCc3c(-c4cnc(N)nc4)nc(N4CCOCC4)nc32)cc1. The van der Waals surface area contributed by atoms with Crippen LogP contribution >= 0.6 is 0 Å². The first-order valence-electron chi connectivity index (χ1n) is 14.1. The smallest absolute Gasteiger partial charge is 0.228 e. The number of fused-ring (bicyclic) bond motifs is 1. The molecule has 2 aliphatic heterocycles. The second-order valence-electron chi connectivity index (χ2n) is 10.5. The van der Waals surface area contributed by atoms with E-state index in [-0.39, 0.29) is 11.7 Å². The van der Waals surface area contributed by atoms with Crippen molar-refractivity contribution in [2.45, 2.75) is 19.8 Å². The summed E-state index contributed by atoms with van der Waals surface area (Å²) in [6, 6.07) is 8.11. The molecule has 0 unspecified atom stereocenters. The molecule has 0 saturated carbocycles. The predicted molar refractivity (Wildman–Crippen MR) is 161 cm³/mol. The van der Waals surface area contributed by atoms with Crippen molar-refractivity contribution in [3.05, 3.63) is 47.8 Å². The van der Waals surface area contributed by atoms with Gasteiger partial charge in [0.15, 0.2) is 0 Å². The minimum atomic E-state index is -3.33. The van der Waals surface area contributed by atoms with Crippen molar-refractivity contribution in [3.8, 4) is 11.3 Å². The van der Waals surface area contributed by atoms with Crippen LogP contribution in [0.15, 0.2) is 36.7 Å². The van der Waals surface area contributed by atoms with Gasteiger partial charge in [-0.25, -0.2) is 27.7 Å². The molecular weight excluding hydrogens is 542 g/mol. The Morgan fingerprint density at radius 1 is 1.00 bits per heavy atom. The van der Waals surface area contributed by atoms with Gasteiger partial charge >= 0.3 is 0 Å². The van der Waals surface area contributed by atoms with Crippen molar-refractivity contribution in [2.75, 3.05) is 87.9 Å². The van der Waals surface area contributed by atoms with Gasteiger partial charge in [-0.05, 0) is 44.6 Å². The highest BCUT2D eigenvalue weighted by atomic mass is 32.2. The third kappa shape index (κ3) is 6.75. The lowest BCUT2D eigenvalue weighted by molar-refractivity contribution is 0.122. The second kappa shape index (κ2) is 12.6. The number of aromatic nitrogens is 4. The second-order valence-corrected chi connectivity index (χ2v) is 12.6. The fourth-order valence-electron chi connectivity index (χ4n) is 5.12. The molecule has 2 aliphatic rings. The lowest BCUT2D eigenvalue weighted by Gasteiger charge is -2.28. The molecule has 2 aromatic heterocycles. The summed E-state index contributed by atoms with van der Waals surface area (Å²) < 4.78 is 33.0. The number of anilines is 4. The molecule has 13 heteroatoms. The Balaban J connectivity index is 1.37. The predicted octanol–water partition coefficient (Wildman–Crippen LogP) is 1.80. The number of ether oxygens (including phenoxy) is 1. The van der Waals surface area contributed by atoms with Crippen molar-refractivity contribution in [1.29, 1.82) is 0 Å². The minimum Gasteiger partial charge on any atom is -0.378 e. The van der Waals surface area contributed by atoms with Crippen molar-refractivity contribution in [1.82, 2.24) is 29.1 Å². The molecule has 1 aromatic carbocycles. The number of nitrogen functional groups attached to an aromatic ring is 1. The Kier molecular flexibility index (Phi) is 8.97. The molecule has 1 fully saturated rings. The van der Waals surface area contributed by atoms with Gasteiger partial charge in [0, 0.05) is 68.5 Å². The number of morpholine rings is 1. The summed E-state index contributed by atoms with van der Waals surface area (Å²) in [5.41, 5.74) is 10.4. The van der Waals surface area contributed by atoms with Crippen LogP contribution in [0.5, 0.6) is 0 Å². The normalized spacial score (nSPS) is 15.6. The van der Waals surface area contributed by atoms with Gasteiger partial charge in [0.2, 0.25) is 21.9 Å². The Morgan fingerprint density at radius 2 is 1.71 bits per heavy atom. The van der Waals surface area contributed by atoms with Crippen LogP contribution in [0.3, 0.4) is 0 Å². The molecule has 0 amide bonds. The van der Waals surface area contributed by atoms with Crippen molar-refractivity contribution >= 4 is 33.4 Å². The van der Waals surface area contributed by atoms with Crippen LogP contribution in [0.1, 0.15) is 18.1 Å². The van der Waals surface area contributed by atoms with Crippen LogP contribution in [-0.4, -0.2) is 110 Å². The van der Waals surface area contributed by atoms with E-state index >= 15 is 0 Å². The maximum absolute atomic E-state index is 12.9. The van der Waals surface area contributed by atoms with Gasteiger partial charge in [-0.1, -0.05) is 19.1 Å². The van der Waals surface area contributed by atoms with E-state index in [2.05, 4.69) is 19.8 Å². The summed E-state index contributed by atoms with van der Waals surface area (Å²) in [4.78, 5) is 24.7. The zero-order chi connectivity index (χ0) is 29.0. The Hall–Kier alpha value is -3.39. The van der Waals surface area contributed by atoms with Crippen LogP contribution in [0, 0.1) is 0 Å². The highest BCUT2D eigenvalue weighted by Gasteiger charge is 2.29. The molecule has 3 aromatic rings. The largest absolute Gasteiger partial charge is 0.378 e. The molecule has 1 saturated heterocycles. The molecule has 0 radical (unpaired) electrons. The molecule has 4 heterocycles. The number of aryl methyl sites for hydroxylation is 1. The first-order valence-corrected chi connectivity index (χ1v) is 15.7. The van der Waals surface area contributed by atoms with Crippen molar-refractivity contribution in [3.63, 3.8) is 0 Å². The number of rotatable bonds is 11. The number of hydrogen-bond donors (Lipinski definition) is 1. The lowest BCUT2D eigenvalue weighted by atomic mass is 10.1. The number of benzene rings is 1. The van der Waals surface area contributed by atoms with Crippen LogP contribution in [0.25, 0.3) is 11.3 Å². The number of hydrogen-bond acceptors (Lipinski definition) is 11. The van der Waals surface area contributed by atoms with Crippen LogP contribution < -0.4 is 15.5 Å². The van der Waals surface area contributed by atoms with Gasteiger partial charge in [0.1, 0.15) is 5.82 Å². The van der Waals surface area contributed by atoms with Gasteiger partial charge < -0.3 is 25.2 Å². The molecule has 0 aliphatic carbocycles. The molecule has 2 N–H and O–H groups in total. The number of likely N-dealkylation sites (N-methyl/N-ethyl adjacent to an activating group) is 2. The van der Waals surface area contributed by atoms with E-state index in [0.717, 1.165) is 59.9 Å². The molecule has 0 bridgehead atoms. The molecule has 0 atom stereocenters. The number of sulfonamides is 1. The van der Waals surface area contributed by atoms with Crippen molar-refractivity contribution < 1.29 is 13.2 Å². The summed E-state index contributed by atoms with van der Waals surface area (Å²) in [5.74, 6) is 1.83. The van der Waals surface area contributed by atoms with Gasteiger partial charge in [-0.3, -0.25) is 0 Å². The third-order valence-corrected chi connectivity index (χ3v) is 9.44.